The van der Waals surface area contributed by atoms with E-state index < -0.39 is 118 Å². The Hall–Kier alpha value is -1.13. The van der Waals surface area contributed by atoms with Crippen LogP contribution in [0.25, 0.3) is 0 Å². The van der Waals surface area contributed by atoms with Crippen molar-refractivity contribution in [1.29, 1.82) is 0 Å². The fourth-order valence-corrected chi connectivity index (χ4v) is 4.46. The number of hydrogen-bond donors (Lipinski definition) is 11. The third-order valence-electron chi connectivity index (χ3n) is 6.50. The van der Waals surface area contributed by atoms with Crippen molar-refractivity contribution in [2.24, 2.45) is 0 Å². The van der Waals surface area contributed by atoms with E-state index in [9.17, 15) is 55.9 Å². The quantitative estimate of drug-likeness (QED) is 0.135. The van der Waals surface area contributed by atoms with Gasteiger partial charge in [0.15, 0.2) is 18.9 Å². The summed E-state index contributed by atoms with van der Waals surface area (Å²) in [6.45, 7) is -1.23. The van der Waals surface area contributed by atoms with Gasteiger partial charge < -0.3 is 80.1 Å². The summed E-state index contributed by atoms with van der Waals surface area (Å²) in [7, 11) is 0. The van der Waals surface area contributed by atoms with Gasteiger partial charge in [-0.15, -0.1) is 0 Å². The summed E-state index contributed by atoms with van der Waals surface area (Å²) < 4.78 is 26.9. The van der Waals surface area contributed by atoms with Crippen LogP contribution in [0.1, 0.15) is 6.92 Å². The van der Waals surface area contributed by atoms with Crippen LogP contribution in [0.2, 0.25) is 0 Å². The van der Waals surface area contributed by atoms with Gasteiger partial charge in [-0.2, -0.15) is 0 Å². The lowest BCUT2D eigenvalue weighted by Crippen LogP contribution is -2.68. The second-order valence-electron chi connectivity index (χ2n) is 9.07. The van der Waals surface area contributed by atoms with E-state index in [1.54, 1.807) is 0 Å². The monoisotopic (exact) mass is 545 g/mol. The first-order chi connectivity index (χ1) is 17.4. The minimum absolute atomic E-state index is 0.627. The lowest BCUT2D eigenvalue weighted by molar-refractivity contribution is -0.375. The van der Waals surface area contributed by atoms with Crippen molar-refractivity contribution in [2.45, 2.75) is 99.0 Å². The molecular formula is C20H35NO16. The van der Waals surface area contributed by atoms with E-state index in [4.69, 9.17) is 23.7 Å². The van der Waals surface area contributed by atoms with Crippen LogP contribution in [0.15, 0.2) is 0 Å². The fraction of sp³-hybridized carbons (Fsp3) is 0.950. The molecule has 0 aromatic rings. The van der Waals surface area contributed by atoms with Gasteiger partial charge in [0.25, 0.3) is 0 Å². The van der Waals surface area contributed by atoms with E-state index >= 15 is 0 Å². The van der Waals surface area contributed by atoms with E-state index in [-0.39, 0.29) is 0 Å². The molecule has 0 saturated carbocycles. The zero-order valence-corrected chi connectivity index (χ0v) is 19.7. The SMILES string of the molecule is CC(=O)NC1C(O)[C@H](O[C@@H]2OC(CO)[C@H](O)[C@H](O[C@H]3OC(CO)[C@H](O)[C@H](O)C3O)C2O)[C@H](CO)O[C@@H]1O. The van der Waals surface area contributed by atoms with Crippen LogP contribution in [-0.4, -0.2) is 169 Å². The highest BCUT2D eigenvalue weighted by atomic mass is 16.7. The van der Waals surface area contributed by atoms with E-state index in [2.05, 4.69) is 5.32 Å². The van der Waals surface area contributed by atoms with Crippen molar-refractivity contribution in [2.75, 3.05) is 19.8 Å². The molecular weight excluding hydrogens is 510 g/mol. The van der Waals surface area contributed by atoms with Crippen LogP contribution in [0.3, 0.4) is 0 Å². The van der Waals surface area contributed by atoms with Crippen LogP contribution < -0.4 is 5.32 Å². The molecule has 15 atom stereocenters. The molecule has 17 nitrogen and oxygen atoms in total. The van der Waals surface area contributed by atoms with Gasteiger partial charge in [0.2, 0.25) is 5.91 Å². The van der Waals surface area contributed by atoms with Crippen molar-refractivity contribution >= 4 is 5.91 Å². The molecule has 0 aliphatic carbocycles. The summed E-state index contributed by atoms with van der Waals surface area (Å²) in [6.07, 6.45) is -23.4. The Labute approximate surface area is 210 Å². The first kappa shape index (κ1) is 30.4. The maximum atomic E-state index is 11.5. The summed E-state index contributed by atoms with van der Waals surface area (Å²) in [4.78, 5) is 11.5. The molecule has 17 heteroatoms. The molecule has 0 spiro atoms. The molecule has 3 fully saturated rings. The molecule has 3 rings (SSSR count). The molecule has 3 saturated heterocycles. The Morgan fingerprint density at radius 1 is 0.649 bits per heavy atom. The van der Waals surface area contributed by atoms with Gasteiger partial charge in [0, 0.05) is 6.92 Å². The number of aliphatic hydroxyl groups excluding tert-OH is 10. The first-order valence-electron chi connectivity index (χ1n) is 11.6. The molecule has 6 unspecified atom stereocenters. The highest BCUT2D eigenvalue weighted by Crippen LogP contribution is 2.32. The fourth-order valence-electron chi connectivity index (χ4n) is 4.46. The molecule has 1 amide bonds. The number of hydrogen-bond acceptors (Lipinski definition) is 16. The zero-order valence-electron chi connectivity index (χ0n) is 19.7. The van der Waals surface area contributed by atoms with Crippen molar-refractivity contribution in [3.8, 4) is 0 Å². The molecule has 0 aromatic carbocycles. The number of carbonyl (C=O) groups is 1. The van der Waals surface area contributed by atoms with Crippen LogP contribution in [-0.2, 0) is 28.5 Å². The normalized spacial score (nSPS) is 49.0. The average Bonchev–Trinajstić information content (AvgIpc) is 2.86. The Morgan fingerprint density at radius 3 is 1.70 bits per heavy atom. The molecule has 216 valence electrons. The van der Waals surface area contributed by atoms with Crippen molar-refractivity contribution in [3.05, 3.63) is 0 Å². The van der Waals surface area contributed by atoms with Gasteiger partial charge in [-0.05, 0) is 0 Å². The average molecular weight is 545 g/mol. The van der Waals surface area contributed by atoms with Crippen molar-refractivity contribution in [3.63, 3.8) is 0 Å². The Balaban J connectivity index is 1.80. The standard InChI is InChI=1S/C20H35NO16/c1-5(25)21-9-12(28)16(8(4-24)33-18(9)32)36-20-15(31)17(11(27)7(3-23)35-20)37-19-14(30)13(29)10(26)6(2-22)34-19/h6-20,22-24,26-32H,2-4H2,1H3,(H,21,25)/t6?,7?,8-,9?,10-,11-,12?,13-,14?,15?,16+,17-,18-,19+,20-/m0/s1. The van der Waals surface area contributed by atoms with Crippen LogP contribution in [0, 0.1) is 0 Å². The smallest absolute Gasteiger partial charge is 0.217 e. The number of carbonyl (C=O) groups excluding carboxylic acids is 1. The van der Waals surface area contributed by atoms with E-state index in [0.29, 0.717) is 0 Å². The second kappa shape index (κ2) is 12.8. The number of rotatable bonds is 8. The maximum absolute atomic E-state index is 11.5. The molecule has 37 heavy (non-hydrogen) atoms. The Morgan fingerprint density at radius 2 is 1.16 bits per heavy atom. The van der Waals surface area contributed by atoms with Crippen LogP contribution in [0.5, 0.6) is 0 Å². The van der Waals surface area contributed by atoms with Crippen molar-refractivity contribution < 1.29 is 79.5 Å². The van der Waals surface area contributed by atoms with Gasteiger partial charge in [-0.25, -0.2) is 0 Å². The molecule has 0 radical (unpaired) electrons. The largest absolute Gasteiger partial charge is 0.394 e. The van der Waals surface area contributed by atoms with Crippen LogP contribution in [0.4, 0.5) is 0 Å². The lowest BCUT2D eigenvalue weighted by Gasteiger charge is -2.48. The van der Waals surface area contributed by atoms with E-state index in [1.807, 2.05) is 0 Å². The summed E-state index contributed by atoms with van der Waals surface area (Å²) in [5.41, 5.74) is 0. The Bertz CT molecular complexity index is 745. The first-order valence-corrected chi connectivity index (χ1v) is 11.6. The minimum Gasteiger partial charge on any atom is -0.394 e. The van der Waals surface area contributed by atoms with E-state index in [1.165, 1.54) is 0 Å². The molecule has 3 aliphatic rings. The number of amides is 1. The zero-order chi connectivity index (χ0) is 27.6. The summed E-state index contributed by atoms with van der Waals surface area (Å²) in [5.74, 6) is -0.627. The summed E-state index contributed by atoms with van der Waals surface area (Å²) in [5, 5.41) is 103. The summed E-state index contributed by atoms with van der Waals surface area (Å²) in [6, 6.07) is -1.40. The highest BCUT2D eigenvalue weighted by molar-refractivity contribution is 5.73. The molecule has 11 N–H and O–H groups in total. The summed E-state index contributed by atoms with van der Waals surface area (Å²) >= 11 is 0. The number of ether oxygens (including phenoxy) is 5. The molecule has 3 aliphatic heterocycles. The second-order valence-corrected chi connectivity index (χ2v) is 9.07. The lowest BCUT2D eigenvalue weighted by atomic mass is 9.95. The highest BCUT2D eigenvalue weighted by Gasteiger charge is 2.53. The maximum Gasteiger partial charge on any atom is 0.217 e. The van der Waals surface area contributed by atoms with Gasteiger partial charge in [-0.1, -0.05) is 0 Å². The Kier molecular flexibility index (Phi) is 10.5. The third kappa shape index (κ3) is 6.38. The molecule has 0 bridgehead atoms. The van der Waals surface area contributed by atoms with Gasteiger partial charge >= 0.3 is 0 Å². The third-order valence-corrected chi connectivity index (χ3v) is 6.50. The predicted molar refractivity (Wildman–Crippen MR) is 113 cm³/mol. The topological polar surface area (TPSA) is 278 Å². The molecule has 0 aromatic heterocycles. The van der Waals surface area contributed by atoms with Crippen molar-refractivity contribution in [1.82, 2.24) is 5.32 Å². The number of nitrogens with one attached hydrogen (secondary N) is 1. The predicted octanol–water partition coefficient (Wildman–Crippen LogP) is -7.43. The minimum atomic E-state index is -1.91. The van der Waals surface area contributed by atoms with E-state index in [0.717, 1.165) is 6.92 Å². The van der Waals surface area contributed by atoms with Gasteiger partial charge in [-0.3, -0.25) is 4.79 Å². The van der Waals surface area contributed by atoms with Crippen LogP contribution >= 0.6 is 0 Å². The number of aliphatic hydroxyl groups is 10. The molecule has 3 heterocycles. The van der Waals surface area contributed by atoms with Gasteiger partial charge in [0.1, 0.15) is 73.2 Å². The van der Waals surface area contributed by atoms with Gasteiger partial charge in [0.05, 0.1) is 19.8 Å².